The van der Waals surface area contributed by atoms with Crippen molar-refractivity contribution in [1.29, 1.82) is 0 Å². The van der Waals surface area contributed by atoms with Crippen LogP contribution in [0.2, 0.25) is 0 Å². The summed E-state index contributed by atoms with van der Waals surface area (Å²) < 4.78 is 5.04. The van der Waals surface area contributed by atoms with Crippen LogP contribution in [0.5, 0.6) is 0 Å². The number of hydrogen-bond acceptors (Lipinski definition) is 3. The number of hydrogen-bond donors (Lipinski definition) is 3. The first-order valence-electron chi connectivity index (χ1n) is 5.23. The minimum absolute atomic E-state index is 0.145. The standard InChI is InChI=1S/C12H14N2O4/c1-3-4-7-13-11(17)14-12(2,10(15)16)9-6-5-8-18-9/h5-6,8H,7H2,1-2H3,(H,15,16)(H2,13,14,17). The minimum Gasteiger partial charge on any atom is -0.479 e. The van der Waals surface area contributed by atoms with E-state index in [1.54, 1.807) is 13.0 Å². The SMILES string of the molecule is CC#CCNC(=O)NC(C)(C(=O)O)c1ccco1. The van der Waals surface area contributed by atoms with Crippen LogP contribution < -0.4 is 10.6 Å². The van der Waals surface area contributed by atoms with Crippen LogP contribution in [0, 0.1) is 11.8 Å². The van der Waals surface area contributed by atoms with E-state index in [-0.39, 0.29) is 12.3 Å². The van der Waals surface area contributed by atoms with Gasteiger partial charge in [-0.15, -0.1) is 5.92 Å². The molecular formula is C12H14N2O4. The average Bonchev–Trinajstić information content (AvgIpc) is 2.82. The van der Waals surface area contributed by atoms with Crippen LogP contribution >= 0.6 is 0 Å². The average molecular weight is 250 g/mol. The highest BCUT2D eigenvalue weighted by molar-refractivity contribution is 5.86. The van der Waals surface area contributed by atoms with Crippen LogP contribution in [0.3, 0.4) is 0 Å². The third-order valence-corrected chi connectivity index (χ3v) is 2.32. The Labute approximate surface area is 104 Å². The number of carbonyl (C=O) groups is 2. The van der Waals surface area contributed by atoms with Gasteiger partial charge in [-0.2, -0.15) is 0 Å². The topological polar surface area (TPSA) is 91.6 Å². The maximum Gasteiger partial charge on any atom is 0.337 e. The van der Waals surface area contributed by atoms with Crippen LogP contribution in [-0.2, 0) is 10.3 Å². The van der Waals surface area contributed by atoms with Crippen molar-refractivity contribution in [3.8, 4) is 11.8 Å². The smallest absolute Gasteiger partial charge is 0.337 e. The van der Waals surface area contributed by atoms with Crippen molar-refractivity contribution < 1.29 is 19.1 Å². The Balaban J connectivity index is 2.77. The molecule has 1 unspecified atom stereocenters. The fourth-order valence-corrected chi connectivity index (χ4v) is 1.27. The Morgan fingerprint density at radius 1 is 1.56 bits per heavy atom. The molecule has 3 N–H and O–H groups in total. The van der Waals surface area contributed by atoms with Gasteiger partial charge in [-0.05, 0) is 26.0 Å². The zero-order valence-electron chi connectivity index (χ0n) is 10.1. The zero-order chi connectivity index (χ0) is 13.6. The number of carbonyl (C=O) groups excluding carboxylic acids is 1. The molecule has 0 aliphatic carbocycles. The molecule has 6 nitrogen and oxygen atoms in total. The fourth-order valence-electron chi connectivity index (χ4n) is 1.27. The highest BCUT2D eigenvalue weighted by atomic mass is 16.4. The maximum absolute atomic E-state index is 11.5. The number of furan rings is 1. The monoisotopic (exact) mass is 250 g/mol. The van der Waals surface area contributed by atoms with Crippen molar-refractivity contribution in [2.24, 2.45) is 0 Å². The quantitative estimate of drug-likeness (QED) is 0.692. The molecular weight excluding hydrogens is 236 g/mol. The Kier molecular flexibility index (Phi) is 4.38. The number of carboxylic acid groups (broad SMARTS) is 1. The van der Waals surface area contributed by atoms with E-state index in [1.807, 2.05) is 0 Å². The summed E-state index contributed by atoms with van der Waals surface area (Å²) in [7, 11) is 0. The molecule has 6 heteroatoms. The van der Waals surface area contributed by atoms with E-state index in [2.05, 4.69) is 22.5 Å². The third-order valence-electron chi connectivity index (χ3n) is 2.32. The second-order valence-electron chi connectivity index (χ2n) is 3.64. The molecule has 1 atom stereocenters. The van der Waals surface area contributed by atoms with E-state index in [0.29, 0.717) is 0 Å². The lowest BCUT2D eigenvalue weighted by molar-refractivity contribution is -0.144. The number of amides is 2. The van der Waals surface area contributed by atoms with Gasteiger partial charge in [0, 0.05) is 0 Å². The zero-order valence-corrected chi connectivity index (χ0v) is 10.1. The largest absolute Gasteiger partial charge is 0.479 e. The van der Waals surface area contributed by atoms with Crippen molar-refractivity contribution in [1.82, 2.24) is 10.6 Å². The molecule has 1 aromatic heterocycles. The van der Waals surface area contributed by atoms with Gasteiger partial charge in [0.2, 0.25) is 0 Å². The van der Waals surface area contributed by atoms with Gasteiger partial charge in [-0.25, -0.2) is 9.59 Å². The van der Waals surface area contributed by atoms with Gasteiger partial charge in [0.1, 0.15) is 5.76 Å². The van der Waals surface area contributed by atoms with Crippen molar-refractivity contribution in [3.63, 3.8) is 0 Å². The van der Waals surface area contributed by atoms with Gasteiger partial charge >= 0.3 is 12.0 Å². The van der Waals surface area contributed by atoms with Crippen LogP contribution in [0.4, 0.5) is 4.79 Å². The van der Waals surface area contributed by atoms with E-state index in [4.69, 9.17) is 4.42 Å². The number of nitrogens with one attached hydrogen (secondary N) is 2. The molecule has 18 heavy (non-hydrogen) atoms. The molecule has 0 aliphatic rings. The molecule has 0 saturated carbocycles. The lowest BCUT2D eigenvalue weighted by Crippen LogP contribution is -2.52. The molecule has 0 aromatic carbocycles. The molecule has 0 radical (unpaired) electrons. The molecule has 1 heterocycles. The molecule has 1 rings (SSSR count). The molecule has 0 saturated heterocycles. The summed E-state index contributed by atoms with van der Waals surface area (Å²) in [5.41, 5.74) is -1.62. The summed E-state index contributed by atoms with van der Waals surface area (Å²) in [6.45, 7) is 3.14. The van der Waals surface area contributed by atoms with Gasteiger partial charge in [0.25, 0.3) is 0 Å². The summed E-state index contributed by atoms with van der Waals surface area (Å²) in [6.07, 6.45) is 1.35. The molecule has 0 spiro atoms. The normalized spacial score (nSPS) is 12.8. The van der Waals surface area contributed by atoms with Gasteiger partial charge < -0.3 is 20.2 Å². The summed E-state index contributed by atoms with van der Waals surface area (Å²) in [5, 5.41) is 14.0. The van der Waals surface area contributed by atoms with Crippen LogP contribution in [0.25, 0.3) is 0 Å². The second kappa shape index (κ2) is 5.77. The summed E-state index contributed by atoms with van der Waals surface area (Å²) in [6, 6.07) is 2.41. The highest BCUT2D eigenvalue weighted by Crippen LogP contribution is 2.21. The Morgan fingerprint density at radius 2 is 2.28 bits per heavy atom. The molecule has 0 aliphatic heterocycles. The minimum atomic E-state index is -1.62. The van der Waals surface area contributed by atoms with E-state index in [0.717, 1.165) is 0 Å². The van der Waals surface area contributed by atoms with E-state index < -0.39 is 17.5 Å². The van der Waals surface area contributed by atoms with Crippen molar-refractivity contribution in [2.75, 3.05) is 6.54 Å². The van der Waals surface area contributed by atoms with E-state index >= 15 is 0 Å². The first-order chi connectivity index (χ1) is 8.50. The fraction of sp³-hybridized carbons (Fsp3) is 0.333. The van der Waals surface area contributed by atoms with Gasteiger partial charge in [-0.1, -0.05) is 5.92 Å². The highest BCUT2D eigenvalue weighted by Gasteiger charge is 2.39. The van der Waals surface area contributed by atoms with Crippen LogP contribution in [0.1, 0.15) is 19.6 Å². The Hall–Kier alpha value is -2.42. The van der Waals surface area contributed by atoms with Gasteiger partial charge in [0.05, 0.1) is 12.8 Å². The molecule has 1 aromatic rings. The summed E-state index contributed by atoms with van der Waals surface area (Å²) in [4.78, 5) is 22.8. The van der Waals surface area contributed by atoms with Crippen molar-refractivity contribution in [3.05, 3.63) is 24.2 Å². The number of rotatable bonds is 4. The molecule has 0 fully saturated rings. The number of carboxylic acids is 1. The Morgan fingerprint density at radius 3 is 2.78 bits per heavy atom. The second-order valence-corrected chi connectivity index (χ2v) is 3.64. The first-order valence-corrected chi connectivity index (χ1v) is 5.23. The summed E-state index contributed by atoms with van der Waals surface area (Å²) >= 11 is 0. The Bertz CT molecular complexity index is 484. The van der Waals surface area contributed by atoms with Crippen LogP contribution in [0.15, 0.2) is 22.8 Å². The van der Waals surface area contributed by atoms with E-state index in [1.165, 1.54) is 19.3 Å². The lowest BCUT2D eigenvalue weighted by Gasteiger charge is -2.23. The molecule has 0 bridgehead atoms. The number of aliphatic carboxylic acids is 1. The third kappa shape index (κ3) is 3.04. The van der Waals surface area contributed by atoms with Crippen LogP contribution in [-0.4, -0.2) is 23.7 Å². The lowest BCUT2D eigenvalue weighted by atomic mass is 9.99. The predicted octanol–water partition coefficient (Wildman–Crippen LogP) is 0.902. The van der Waals surface area contributed by atoms with Gasteiger partial charge in [-0.3, -0.25) is 0 Å². The predicted molar refractivity (Wildman–Crippen MR) is 63.7 cm³/mol. The number of urea groups is 1. The van der Waals surface area contributed by atoms with Crippen molar-refractivity contribution in [2.45, 2.75) is 19.4 Å². The summed E-state index contributed by atoms with van der Waals surface area (Å²) in [5.74, 6) is 4.18. The van der Waals surface area contributed by atoms with Crippen molar-refractivity contribution >= 4 is 12.0 Å². The first kappa shape index (κ1) is 13.6. The van der Waals surface area contributed by atoms with E-state index in [9.17, 15) is 14.7 Å². The molecule has 2 amide bonds. The maximum atomic E-state index is 11.5. The molecule has 96 valence electrons. The van der Waals surface area contributed by atoms with Gasteiger partial charge in [0.15, 0.2) is 5.54 Å².